The SMILES string of the molecule is CN1CCN(c2ncn(Cc3ccccc3)c(=S)c2C#N)CC1. The van der Waals surface area contributed by atoms with Crippen LogP contribution in [0.15, 0.2) is 36.7 Å². The van der Waals surface area contributed by atoms with Gasteiger partial charge in [-0.25, -0.2) is 4.98 Å². The van der Waals surface area contributed by atoms with Gasteiger partial charge in [0.1, 0.15) is 16.3 Å². The third-order valence-corrected chi connectivity index (χ3v) is 4.57. The number of hydrogen-bond acceptors (Lipinski definition) is 5. The number of anilines is 1. The Morgan fingerprint density at radius 2 is 1.87 bits per heavy atom. The van der Waals surface area contributed by atoms with Crippen molar-refractivity contribution in [3.8, 4) is 6.07 Å². The van der Waals surface area contributed by atoms with Gasteiger partial charge in [0.2, 0.25) is 0 Å². The fourth-order valence-corrected chi connectivity index (χ4v) is 2.98. The van der Waals surface area contributed by atoms with Crippen molar-refractivity contribution in [2.45, 2.75) is 6.54 Å². The molecule has 0 radical (unpaired) electrons. The van der Waals surface area contributed by atoms with Crippen LogP contribution >= 0.6 is 12.2 Å². The van der Waals surface area contributed by atoms with Gasteiger partial charge in [0.25, 0.3) is 0 Å². The summed E-state index contributed by atoms with van der Waals surface area (Å²) < 4.78 is 2.42. The molecule has 5 nitrogen and oxygen atoms in total. The highest BCUT2D eigenvalue weighted by Crippen LogP contribution is 2.20. The van der Waals surface area contributed by atoms with Gasteiger partial charge in [0.15, 0.2) is 5.82 Å². The van der Waals surface area contributed by atoms with Crippen molar-refractivity contribution in [2.75, 3.05) is 38.1 Å². The molecule has 2 aromatic rings. The molecule has 0 spiro atoms. The van der Waals surface area contributed by atoms with Crippen molar-refractivity contribution in [2.24, 2.45) is 0 Å². The number of likely N-dealkylation sites (N-methyl/N-ethyl adjacent to an activating group) is 1. The van der Waals surface area contributed by atoms with E-state index in [0.717, 1.165) is 37.6 Å². The van der Waals surface area contributed by atoms with Crippen LogP contribution in [0.4, 0.5) is 5.82 Å². The summed E-state index contributed by atoms with van der Waals surface area (Å²) in [5, 5.41) is 9.57. The molecule has 1 saturated heterocycles. The predicted octanol–water partition coefficient (Wildman–Crippen LogP) is 2.28. The van der Waals surface area contributed by atoms with Crippen LogP contribution < -0.4 is 4.90 Å². The van der Waals surface area contributed by atoms with Crippen molar-refractivity contribution >= 4 is 18.0 Å². The van der Waals surface area contributed by atoms with E-state index in [4.69, 9.17) is 12.2 Å². The zero-order chi connectivity index (χ0) is 16.2. The molecule has 23 heavy (non-hydrogen) atoms. The van der Waals surface area contributed by atoms with Crippen LogP contribution in [0.5, 0.6) is 0 Å². The number of nitriles is 1. The predicted molar refractivity (Wildman–Crippen MR) is 93.0 cm³/mol. The Morgan fingerprint density at radius 1 is 1.17 bits per heavy atom. The van der Waals surface area contributed by atoms with E-state index < -0.39 is 0 Å². The molecule has 1 aliphatic heterocycles. The Hall–Kier alpha value is -2.23. The fraction of sp³-hybridized carbons (Fsp3) is 0.353. The second-order valence-electron chi connectivity index (χ2n) is 5.76. The summed E-state index contributed by atoms with van der Waals surface area (Å²) in [6.45, 7) is 4.31. The van der Waals surface area contributed by atoms with Gasteiger partial charge in [-0.1, -0.05) is 42.5 Å². The Kier molecular flexibility index (Phi) is 4.70. The highest BCUT2D eigenvalue weighted by Gasteiger charge is 2.20. The molecular formula is C17H19N5S. The second kappa shape index (κ2) is 6.90. The highest BCUT2D eigenvalue weighted by atomic mass is 32.1. The minimum atomic E-state index is 0.503. The van der Waals surface area contributed by atoms with E-state index in [-0.39, 0.29) is 0 Å². The summed E-state index contributed by atoms with van der Waals surface area (Å²) in [4.78, 5) is 8.96. The molecule has 1 aromatic heterocycles. The Morgan fingerprint density at radius 3 is 2.52 bits per heavy atom. The zero-order valence-electron chi connectivity index (χ0n) is 13.1. The summed E-state index contributed by atoms with van der Waals surface area (Å²) in [6.07, 6.45) is 1.75. The van der Waals surface area contributed by atoms with Crippen molar-refractivity contribution in [1.29, 1.82) is 5.26 Å². The van der Waals surface area contributed by atoms with E-state index in [9.17, 15) is 5.26 Å². The molecule has 0 atom stereocenters. The molecule has 0 aliphatic carbocycles. The van der Waals surface area contributed by atoms with Crippen LogP contribution in [-0.4, -0.2) is 47.7 Å². The largest absolute Gasteiger partial charge is 0.353 e. The van der Waals surface area contributed by atoms with Gasteiger partial charge in [-0.2, -0.15) is 5.26 Å². The number of aromatic nitrogens is 2. The van der Waals surface area contributed by atoms with E-state index in [1.807, 2.05) is 34.9 Å². The third kappa shape index (κ3) is 3.41. The molecule has 6 heteroatoms. The quantitative estimate of drug-likeness (QED) is 0.810. The first-order valence-electron chi connectivity index (χ1n) is 7.66. The lowest BCUT2D eigenvalue weighted by atomic mass is 10.2. The monoisotopic (exact) mass is 325 g/mol. The van der Waals surface area contributed by atoms with E-state index in [2.05, 4.69) is 27.9 Å². The van der Waals surface area contributed by atoms with Gasteiger partial charge in [-0.15, -0.1) is 0 Å². The van der Waals surface area contributed by atoms with E-state index in [1.165, 1.54) is 0 Å². The summed E-state index contributed by atoms with van der Waals surface area (Å²) in [5.41, 5.74) is 1.64. The molecule has 1 aromatic carbocycles. The Labute approximate surface area is 141 Å². The van der Waals surface area contributed by atoms with Gasteiger partial charge >= 0.3 is 0 Å². The molecular weight excluding hydrogens is 306 g/mol. The fourth-order valence-electron chi connectivity index (χ4n) is 2.73. The van der Waals surface area contributed by atoms with Crippen molar-refractivity contribution in [3.05, 3.63) is 52.4 Å². The van der Waals surface area contributed by atoms with Gasteiger partial charge in [0.05, 0.1) is 6.33 Å². The topological polar surface area (TPSA) is 48.1 Å². The van der Waals surface area contributed by atoms with Crippen molar-refractivity contribution in [1.82, 2.24) is 14.5 Å². The maximum Gasteiger partial charge on any atom is 0.151 e. The lowest BCUT2D eigenvalue weighted by Gasteiger charge is -2.33. The standard InChI is InChI=1S/C17H19N5S/c1-20-7-9-21(10-8-20)16-15(11-18)17(23)22(13-19-16)12-14-5-3-2-4-6-14/h2-6,13H,7-10,12H2,1H3. The molecule has 1 fully saturated rings. The Bertz CT molecular complexity index is 770. The molecule has 0 bridgehead atoms. The van der Waals surface area contributed by atoms with Crippen LogP contribution in [0.2, 0.25) is 0 Å². The van der Waals surface area contributed by atoms with E-state index >= 15 is 0 Å². The van der Waals surface area contributed by atoms with Crippen LogP contribution in [0, 0.1) is 16.0 Å². The third-order valence-electron chi connectivity index (χ3n) is 4.13. The molecule has 118 valence electrons. The van der Waals surface area contributed by atoms with Crippen LogP contribution in [-0.2, 0) is 6.54 Å². The molecule has 0 N–H and O–H groups in total. The summed E-state index contributed by atoms with van der Waals surface area (Å²) in [6, 6.07) is 12.3. The maximum atomic E-state index is 9.57. The van der Waals surface area contributed by atoms with E-state index in [0.29, 0.717) is 16.7 Å². The normalized spacial score (nSPS) is 15.4. The first kappa shape index (κ1) is 15.7. The van der Waals surface area contributed by atoms with Crippen LogP contribution in [0.3, 0.4) is 0 Å². The first-order chi connectivity index (χ1) is 11.2. The van der Waals surface area contributed by atoms with Crippen molar-refractivity contribution < 1.29 is 0 Å². The van der Waals surface area contributed by atoms with Gasteiger partial charge in [-0.05, 0) is 12.6 Å². The van der Waals surface area contributed by atoms with Crippen LogP contribution in [0.25, 0.3) is 0 Å². The van der Waals surface area contributed by atoms with E-state index in [1.54, 1.807) is 6.33 Å². The average Bonchev–Trinajstić information content (AvgIpc) is 2.58. The van der Waals surface area contributed by atoms with Gasteiger partial charge in [0, 0.05) is 32.7 Å². The molecule has 0 amide bonds. The molecule has 2 heterocycles. The maximum absolute atomic E-state index is 9.57. The molecule has 0 unspecified atom stereocenters. The first-order valence-corrected chi connectivity index (χ1v) is 8.07. The zero-order valence-corrected chi connectivity index (χ0v) is 14.0. The summed E-state index contributed by atoms with van der Waals surface area (Å²) >= 11 is 5.53. The molecule has 0 saturated carbocycles. The number of benzene rings is 1. The molecule has 3 rings (SSSR count). The van der Waals surface area contributed by atoms with Gasteiger partial charge in [-0.3, -0.25) is 0 Å². The summed E-state index contributed by atoms with van der Waals surface area (Å²) in [5.74, 6) is 0.718. The Balaban J connectivity index is 1.91. The second-order valence-corrected chi connectivity index (χ2v) is 6.15. The number of nitrogens with zero attached hydrogens (tertiary/aromatic N) is 5. The lowest BCUT2D eigenvalue weighted by molar-refractivity contribution is 0.312. The number of rotatable bonds is 3. The minimum Gasteiger partial charge on any atom is -0.353 e. The highest BCUT2D eigenvalue weighted by molar-refractivity contribution is 7.71. The number of piperazine rings is 1. The summed E-state index contributed by atoms with van der Waals surface area (Å²) in [7, 11) is 2.10. The number of hydrogen-bond donors (Lipinski definition) is 0. The van der Waals surface area contributed by atoms with Crippen LogP contribution in [0.1, 0.15) is 11.1 Å². The van der Waals surface area contributed by atoms with Gasteiger partial charge < -0.3 is 14.4 Å². The molecule has 1 aliphatic rings. The smallest absolute Gasteiger partial charge is 0.151 e. The van der Waals surface area contributed by atoms with Crippen molar-refractivity contribution in [3.63, 3.8) is 0 Å². The minimum absolute atomic E-state index is 0.503. The average molecular weight is 325 g/mol. The lowest BCUT2D eigenvalue weighted by Crippen LogP contribution is -2.45.